The molecule has 0 saturated carbocycles. The van der Waals surface area contributed by atoms with Crippen molar-refractivity contribution >= 4 is 18.2 Å². The van der Waals surface area contributed by atoms with Gasteiger partial charge in [0.15, 0.2) is 12.3 Å². The van der Waals surface area contributed by atoms with Crippen LogP contribution >= 0.6 is 12.3 Å². The Kier molecular flexibility index (Phi) is 3.10. The Morgan fingerprint density at radius 2 is 2.00 bits per heavy atom. The van der Waals surface area contributed by atoms with E-state index < -0.39 is 5.91 Å². The molecular formula is C8H8FNOS. The Hall–Kier alpha value is -1.03. The van der Waals surface area contributed by atoms with Crippen LogP contribution in [0.1, 0.15) is 15.9 Å². The van der Waals surface area contributed by atoms with Crippen LogP contribution < -0.4 is 4.72 Å². The molecule has 0 saturated heterocycles. The van der Waals surface area contributed by atoms with Gasteiger partial charge in [-0.3, -0.25) is 9.52 Å². The first-order chi connectivity index (χ1) is 5.74. The second kappa shape index (κ2) is 4.11. The monoisotopic (exact) mass is 185 g/mol. The summed E-state index contributed by atoms with van der Waals surface area (Å²) >= 11 is -0.191. The van der Waals surface area contributed by atoms with Crippen LogP contribution in [0.3, 0.4) is 0 Å². The van der Waals surface area contributed by atoms with E-state index in [1.54, 1.807) is 24.3 Å². The van der Waals surface area contributed by atoms with E-state index in [4.69, 9.17) is 0 Å². The molecular weight excluding hydrogens is 177 g/mol. The van der Waals surface area contributed by atoms with Gasteiger partial charge in [0.05, 0.1) is 0 Å². The fraction of sp³-hybridized carbons (Fsp3) is 0.125. The van der Waals surface area contributed by atoms with Gasteiger partial charge >= 0.3 is 0 Å². The van der Waals surface area contributed by atoms with Crippen molar-refractivity contribution in [3.05, 3.63) is 35.4 Å². The smallest absolute Gasteiger partial charge is 0.263 e. The number of amides is 1. The largest absolute Gasteiger partial charge is 0.268 e. The molecule has 0 radical (unpaired) electrons. The zero-order valence-electron chi connectivity index (χ0n) is 6.50. The van der Waals surface area contributed by atoms with Gasteiger partial charge in [0.25, 0.3) is 5.91 Å². The Balaban J connectivity index is 2.75. The van der Waals surface area contributed by atoms with Crippen LogP contribution in [0.25, 0.3) is 0 Å². The van der Waals surface area contributed by atoms with Crippen molar-refractivity contribution in [2.45, 2.75) is 6.92 Å². The zero-order chi connectivity index (χ0) is 8.97. The van der Waals surface area contributed by atoms with Crippen molar-refractivity contribution in [2.75, 3.05) is 0 Å². The van der Waals surface area contributed by atoms with Crippen molar-refractivity contribution in [1.82, 2.24) is 4.72 Å². The number of carbonyl (C=O) groups excluding carboxylic acids is 1. The Bertz CT molecular complexity index is 273. The number of rotatable bonds is 2. The van der Waals surface area contributed by atoms with E-state index in [1.165, 1.54) is 0 Å². The van der Waals surface area contributed by atoms with E-state index in [9.17, 15) is 8.68 Å². The maximum atomic E-state index is 11.6. The third kappa shape index (κ3) is 2.23. The highest BCUT2D eigenvalue weighted by Gasteiger charge is 2.03. The lowest BCUT2D eigenvalue weighted by atomic mass is 10.1. The molecule has 12 heavy (non-hydrogen) atoms. The van der Waals surface area contributed by atoms with E-state index >= 15 is 0 Å². The molecule has 1 aromatic rings. The van der Waals surface area contributed by atoms with Crippen LogP contribution in [-0.4, -0.2) is 5.91 Å². The molecule has 4 heteroatoms. The second-order valence-corrected chi connectivity index (χ2v) is 2.73. The summed E-state index contributed by atoms with van der Waals surface area (Å²) in [6.45, 7) is 1.92. The minimum atomic E-state index is -0.414. The third-order valence-corrected chi connectivity index (χ3v) is 1.71. The maximum absolute atomic E-state index is 11.6. The molecule has 1 aromatic carbocycles. The van der Waals surface area contributed by atoms with E-state index in [1.807, 2.05) is 11.6 Å². The van der Waals surface area contributed by atoms with Crippen LogP contribution in [-0.2, 0) is 0 Å². The van der Waals surface area contributed by atoms with Crippen LogP contribution in [0, 0.1) is 6.92 Å². The molecule has 0 heterocycles. The van der Waals surface area contributed by atoms with E-state index in [0.29, 0.717) is 5.56 Å². The van der Waals surface area contributed by atoms with Gasteiger partial charge in [-0.25, -0.2) is 0 Å². The molecule has 0 aliphatic heterocycles. The number of hydrogen-bond acceptors (Lipinski definition) is 2. The van der Waals surface area contributed by atoms with Gasteiger partial charge in [0.2, 0.25) is 0 Å². The first kappa shape index (κ1) is 9.06. The van der Waals surface area contributed by atoms with Gasteiger partial charge in [-0.2, -0.15) is 0 Å². The highest BCUT2D eigenvalue weighted by Crippen LogP contribution is 2.04. The predicted molar refractivity (Wildman–Crippen MR) is 47.3 cm³/mol. The normalized spacial score (nSPS) is 9.50. The van der Waals surface area contributed by atoms with E-state index in [-0.39, 0.29) is 12.3 Å². The van der Waals surface area contributed by atoms with Gasteiger partial charge in [-0.15, -0.1) is 3.89 Å². The standard InChI is InChI=1S/C8H8FNOS/c1-6-2-4-7(5-3-6)8(11)10-12-9/h2-5H,1H3,(H,10,11). The Morgan fingerprint density at radius 1 is 1.42 bits per heavy atom. The summed E-state index contributed by atoms with van der Waals surface area (Å²) in [6, 6.07) is 6.91. The van der Waals surface area contributed by atoms with Crippen LogP contribution in [0.5, 0.6) is 0 Å². The molecule has 0 aromatic heterocycles. The lowest BCUT2D eigenvalue weighted by Gasteiger charge is -1.98. The molecule has 0 fully saturated rings. The molecule has 1 amide bonds. The summed E-state index contributed by atoms with van der Waals surface area (Å²) in [4.78, 5) is 11.0. The topological polar surface area (TPSA) is 29.1 Å². The molecule has 1 N–H and O–H groups in total. The first-order valence-electron chi connectivity index (χ1n) is 3.38. The van der Waals surface area contributed by atoms with Crippen molar-refractivity contribution in [3.63, 3.8) is 0 Å². The van der Waals surface area contributed by atoms with Gasteiger partial charge in [0, 0.05) is 5.56 Å². The molecule has 0 unspecified atom stereocenters. The number of halogens is 1. The van der Waals surface area contributed by atoms with Crippen molar-refractivity contribution in [2.24, 2.45) is 0 Å². The van der Waals surface area contributed by atoms with Gasteiger partial charge < -0.3 is 0 Å². The summed E-state index contributed by atoms with van der Waals surface area (Å²) in [7, 11) is 0. The van der Waals surface area contributed by atoms with E-state index in [2.05, 4.69) is 0 Å². The maximum Gasteiger partial charge on any atom is 0.263 e. The number of aryl methyl sites for hydroxylation is 1. The predicted octanol–water partition coefficient (Wildman–Crippen LogP) is 2.26. The minimum absolute atomic E-state index is 0.191. The molecule has 1 rings (SSSR count). The second-order valence-electron chi connectivity index (χ2n) is 2.37. The third-order valence-electron chi connectivity index (χ3n) is 1.45. The first-order valence-corrected chi connectivity index (χ1v) is 4.10. The van der Waals surface area contributed by atoms with Crippen molar-refractivity contribution in [3.8, 4) is 0 Å². The molecule has 0 aliphatic rings. The summed E-state index contributed by atoms with van der Waals surface area (Å²) in [6.07, 6.45) is 0. The quantitative estimate of drug-likeness (QED) is 0.716. The molecule has 2 nitrogen and oxygen atoms in total. The lowest BCUT2D eigenvalue weighted by molar-refractivity contribution is 0.0983. The SMILES string of the molecule is Cc1ccc(C(=O)NSF)cc1. The highest BCUT2D eigenvalue weighted by molar-refractivity contribution is 7.92. The van der Waals surface area contributed by atoms with Crippen molar-refractivity contribution in [1.29, 1.82) is 0 Å². The summed E-state index contributed by atoms with van der Waals surface area (Å²) < 4.78 is 13.6. The van der Waals surface area contributed by atoms with Crippen LogP contribution in [0.4, 0.5) is 3.89 Å². The summed E-state index contributed by atoms with van der Waals surface area (Å²) in [5.41, 5.74) is 1.53. The number of carbonyl (C=O) groups is 1. The summed E-state index contributed by atoms with van der Waals surface area (Å²) in [5, 5.41) is 0. The molecule has 0 spiro atoms. The zero-order valence-corrected chi connectivity index (χ0v) is 7.32. The highest BCUT2D eigenvalue weighted by atomic mass is 32.2. The molecule has 0 atom stereocenters. The average Bonchev–Trinajstić information content (AvgIpc) is 2.06. The minimum Gasteiger partial charge on any atom is -0.268 e. The fourth-order valence-corrected chi connectivity index (χ4v) is 0.987. The number of benzene rings is 1. The summed E-state index contributed by atoms with van der Waals surface area (Å²) in [5.74, 6) is -0.414. The Labute approximate surface area is 74.6 Å². The van der Waals surface area contributed by atoms with Gasteiger partial charge in [-0.05, 0) is 19.1 Å². The number of nitrogens with one attached hydrogen (secondary N) is 1. The van der Waals surface area contributed by atoms with Gasteiger partial charge in [0.1, 0.15) is 0 Å². The number of hydrogen-bond donors (Lipinski definition) is 1. The average molecular weight is 185 g/mol. The Morgan fingerprint density at radius 3 is 2.50 bits per heavy atom. The molecule has 0 aliphatic carbocycles. The van der Waals surface area contributed by atoms with Crippen molar-refractivity contribution < 1.29 is 8.68 Å². The molecule has 0 bridgehead atoms. The molecule has 64 valence electrons. The van der Waals surface area contributed by atoms with E-state index in [0.717, 1.165) is 5.56 Å². The fourth-order valence-electron chi connectivity index (χ4n) is 0.799. The van der Waals surface area contributed by atoms with Gasteiger partial charge in [-0.1, -0.05) is 17.7 Å². The van der Waals surface area contributed by atoms with Crippen LogP contribution in [0.2, 0.25) is 0 Å². The lowest BCUT2D eigenvalue weighted by Crippen LogP contribution is -2.13. The van der Waals surface area contributed by atoms with Crippen LogP contribution in [0.15, 0.2) is 24.3 Å².